The highest BCUT2D eigenvalue weighted by Gasteiger charge is 2.17. The lowest BCUT2D eigenvalue weighted by molar-refractivity contribution is 0.0558. The maximum absolute atomic E-state index is 11.3. The van der Waals surface area contributed by atoms with E-state index >= 15 is 0 Å². The summed E-state index contributed by atoms with van der Waals surface area (Å²) in [6.07, 6.45) is -0.283. The Labute approximate surface area is 118 Å². The fourth-order valence-electron chi connectivity index (χ4n) is 1.86. The molecule has 0 saturated carbocycles. The van der Waals surface area contributed by atoms with Crippen LogP contribution in [0, 0.1) is 13.8 Å². The van der Waals surface area contributed by atoms with Crippen LogP contribution >= 0.6 is 0 Å². The molecule has 20 heavy (non-hydrogen) atoms. The monoisotopic (exact) mass is 274 g/mol. The van der Waals surface area contributed by atoms with E-state index in [-0.39, 0.29) is 11.9 Å². The lowest BCUT2D eigenvalue weighted by atomic mass is 10.1. The van der Waals surface area contributed by atoms with Crippen LogP contribution in [0.3, 0.4) is 0 Å². The molecule has 0 saturated heterocycles. The van der Waals surface area contributed by atoms with Crippen molar-refractivity contribution in [2.75, 3.05) is 7.11 Å². The highest BCUT2D eigenvalue weighted by molar-refractivity contribution is 5.86. The third kappa shape index (κ3) is 3.02. The van der Waals surface area contributed by atoms with Crippen molar-refractivity contribution in [3.05, 3.63) is 53.0 Å². The minimum absolute atomic E-state index is 0.180. The van der Waals surface area contributed by atoms with Gasteiger partial charge >= 0.3 is 5.97 Å². The Bertz CT molecular complexity index is 613. The predicted octanol–water partition coefficient (Wildman–Crippen LogP) is 3.82. The number of carbonyl (C=O) groups excluding carboxylic acids is 1. The number of methoxy groups -OCH3 is 1. The molecule has 0 aliphatic rings. The van der Waals surface area contributed by atoms with Crippen LogP contribution in [-0.2, 0) is 4.74 Å². The van der Waals surface area contributed by atoms with Gasteiger partial charge in [0.25, 0.3) is 0 Å². The fourth-order valence-corrected chi connectivity index (χ4v) is 1.86. The molecule has 0 aliphatic carbocycles. The van der Waals surface area contributed by atoms with E-state index in [9.17, 15) is 4.79 Å². The van der Waals surface area contributed by atoms with E-state index in [0.29, 0.717) is 5.76 Å². The number of benzene rings is 1. The summed E-state index contributed by atoms with van der Waals surface area (Å²) in [6.45, 7) is 5.88. The SMILES string of the molecule is COC(=O)c1ccc(C(C)Oc2cc(C)ccc2C)o1. The first-order chi connectivity index (χ1) is 9.51. The van der Waals surface area contributed by atoms with Crippen molar-refractivity contribution in [2.45, 2.75) is 26.9 Å². The first-order valence-electron chi connectivity index (χ1n) is 6.43. The molecule has 2 rings (SSSR count). The predicted molar refractivity (Wildman–Crippen MR) is 75.0 cm³/mol. The molecule has 4 heteroatoms. The second kappa shape index (κ2) is 5.82. The van der Waals surface area contributed by atoms with Crippen molar-refractivity contribution in [3.63, 3.8) is 0 Å². The van der Waals surface area contributed by atoms with Crippen LogP contribution in [0.2, 0.25) is 0 Å². The standard InChI is InChI=1S/C16H18O4/c1-10-5-6-11(2)15(9-10)19-12(3)13-7-8-14(20-13)16(17)18-4/h5-9,12H,1-4H3. The van der Waals surface area contributed by atoms with E-state index in [1.165, 1.54) is 7.11 Å². The molecule has 0 radical (unpaired) electrons. The Morgan fingerprint density at radius 1 is 1.20 bits per heavy atom. The molecule has 1 atom stereocenters. The van der Waals surface area contributed by atoms with Gasteiger partial charge in [-0.15, -0.1) is 0 Å². The summed E-state index contributed by atoms with van der Waals surface area (Å²) in [4.78, 5) is 11.3. The molecule has 106 valence electrons. The molecule has 0 amide bonds. The molecule has 0 aliphatic heterocycles. The summed E-state index contributed by atoms with van der Waals surface area (Å²) in [5, 5.41) is 0. The Kier molecular flexibility index (Phi) is 4.13. The number of aryl methyl sites for hydroxylation is 2. The van der Waals surface area contributed by atoms with Crippen LogP contribution in [0.5, 0.6) is 5.75 Å². The van der Waals surface area contributed by atoms with E-state index in [1.807, 2.05) is 39.0 Å². The minimum atomic E-state index is -0.491. The number of esters is 1. The van der Waals surface area contributed by atoms with Gasteiger partial charge in [-0.1, -0.05) is 12.1 Å². The lowest BCUT2D eigenvalue weighted by Crippen LogP contribution is -2.04. The van der Waals surface area contributed by atoms with Crippen LogP contribution in [0.4, 0.5) is 0 Å². The van der Waals surface area contributed by atoms with E-state index < -0.39 is 5.97 Å². The molecule has 1 aromatic heterocycles. The van der Waals surface area contributed by atoms with Crippen molar-refractivity contribution < 1.29 is 18.7 Å². The number of rotatable bonds is 4. The van der Waals surface area contributed by atoms with Gasteiger partial charge in [-0.05, 0) is 50.1 Å². The Morgan fingerprint density at radius 3 is 2.65 bits per heavy atom. The Balaban J connectivity index is 2.15. The van der Waals surface area contributed by atoms with Gasteiger partial charge in [-0.25, -0.2) is 4.79 Å². The van der Waals surface area contributed by atoms with Crippen molar-refractivity contribution in [1.29, 1.82) is 0 Å². The number of hydrogen-bond acceptors (Lipinski definition) is 4. The Morgan fingerprint density at radius 2 is 1.95 bits per heavy atom. The third-order valence-corrected chi connectivity index (χ3v) is 3.06. The zero-order chi connectivity index (χ0) is 14.7. The molecule has 0 bridgehead atoms. The number of carbonyl (C=O) groups is 1. The van der Waals surface area contributed by atoms with E-state index in [4.69, 9.17) is 9.15 Å². The van der Waals surface area contributed by atoms with Gasteiger partial charge in [0.15, 0.2) is 6.10 Å². The van der Waals surface area contributed by atoms with Gasteiger partial charge in [0.1, 0.15) is 11.5 Å². The molecule has 1 aromatic carbocycles. The second-order valence-corrected chi connectivity index (χ2v) is 4.72. The summed E-state index contributed by atoms with van der Waals surface area (Å²) < 4.78 is 15.9. The van der Waals surface area contributed by atoms with E-state index in [2.05, 4.69) is 4.74 Å². The summed E-state index contributed by atoms with van der Waals surface area (Å²) in [5.74, 6) is 1.09. The van der Waals surface area contributed by atoms with Crippen molar-refractivity contribution in [3.8, 4) is 5.75 Å². The first kappa shape index (κ1) is 14.2. The zero-order valence-electron chi connectivity index (χ0n) is 12.1. The van der Waals surface area contributed by atoms with Gasteiger partial charge in [0, 0.05) is 0 Å². The minimum Gasteiger partial charge on any atom is -0.483 e. The second-order valence-electron chi connectivity index (χ2n) is 4.72. The summed E-state index contributed by atoms with van der Waals surface area (Å²) in [7, 11) is 1.32. The van der Waals surface area contributed by atoms with Crippen LogP contribution in [-0.4, -0.2) is 13.1 Å². The van der Waals surface area contributed by atoms with Crippen molar-refractivity contribution in [2.24, 2.45) is 0 Å². The quantitative estimate of drug-likeness (QED) is 0.795. The molecule has 1 heterocycles. The highest BCUT2D eigenvalue weighted by Crippen LogP contribution is 2.27. The zero-order valence-corrected chi connectivity index (χ0v) is 12.1. The largest absolute Gasteiger partial charge is 0.483 e. The van der Waals surface area contributed by atoms with Gasteiger partial charge in [0.05, 0.1) is 7.11 Å². The molecule has 1 unspecified atom stereocenters. The number of furan rings is 1. The fraction of sp³-hybridized carbons (Fsp3) is 0.312. The average molecular weight is 274 g/mol. The normalized spacial score (nSPS) is 12.0. The van der Waals surface area contributed by atoms with Crippen LogP contribution in [0.15, 0.2) is 34.7 Å². The number of hydrogen-bond donors (Lipinski definition) is 0. The van der Waals surface area contributed by atoms with Crippen LogP contribution in [0.1, 0.15) is 40.5 Å². The van der Waals surface area contributed by atoms with Crippen LogP contribution < -0.4 is 4.74 Å². The maximum atomic E-state index is 11.3. The molecular formula is C16H18O4. The highest BCUT2D eigenvalue weighted by atomic mass is 16.5. The van der Waals surface area contributed by atoms with Gasteiger partial charge in [0.2, 0.25) is 5.76 Å². The summed E-state index contributed by atoms with van der Waals surface area (Å²) in [5.41, 5.74) is 2.19. The smallest absolute Gasteiger partial charge is 0.373 e. The topological polar surface area (TPSA) is 48.7 Å². The molecular weight excluding hydrogens is 256 g/mol. The summed E-state index contributed by atoms with van der Waals surface area (Å²) >= 11 is 0. The molecule has 0 fully saturated rings. The Hall–Kier alpha value is -2.23. The molecule has 0 spiro atoms. The maximum Gasteiger partial charge on any atom is 0.373 e. The average Bonchev–Trinajstić information content (AvgIpc) is 2.91. The molecule has 2 aromatic rings. The van der Waals surface area contributed by atoms with Gasteiger partial charge in [-0.3, -0.25) is 0 Å². The third-order valence-electron chi connectivity index (χ3n) is 3.06. The lowest BCUT2D eigenvalue weighted by Gasteiger charge is -2.15. The van der Waals surface area contributed by atoms with E-state index in [0.717, 1.165) is 16.9 Å². The van der Waals surface area contributed by atoms with Gasteiger partial charge < -0.3 is 13.9 Å². The molecule has 4 nitrogen and oxygen atoms in total. The summed E-state index contributed by atoms with van der Waals surface area (Å²) in [6, 6.07) is 9.34. The van der Waals surface area contributed by atoms with Crippen molar-refractivity contribution >= 4 is 5.97 Å². The molecule has 0 N–H and O–H groups in total. The van der Waals surface area contributed by atoms with Gasteiger partial charge in [-0.2, -0.15) is 0 Å². The van der Waals surface area contributed by atoms with Crippen molar-refractivity contribution in [1.82, 2.24) is 0 Å². The first-order valence-corrected chi connectivity index (χ1v) is 6.43. The number of ether oxygens (including phenoxy) is 2. The van der Waals surface area contributed by atoms with E-state index in [1.54, 1.807) is 12.1 Å². The van der Waals surface area contributed by atoms with Crippen LogP contribution in [0.25, 0.3) is 0 Å².